The molecule has 1 aromatic carbocycles. The minimum atomic E-state index is 0.423. The van der Waals surface area contributed by atoms with Crippen LogP contribution in [0.15, 0.2) is 18.2 Å². The van der Waals surface area contributed by atoms with Crippen LogP contribution in [0.5, 0.6) is 5.75 Å². The lowest BCUT2D eigenvalue weighted by Crippen LogP contribution is -2.46. The molecule has 2 N–H and O–H groups in total. The van der Waals surface area contributed by atoms with E-state index in [2.05, 4.69) is 30.1 Å². The number of methoxy groups -OCH3 is 1. The van der Waals surface area contributed by atoms with Crippen LogP contribution in [0.4, 0.5) is 0 Å². The summed E-state index contributed by atoms with van der Waals surface area (Å²) in [5.41, 5.74) is 8.89. The first-order valence-electron chi connectivity index (χ1n) is 6.81. The van der Waals surface area contributed by atoms with Crippen molar-refractivity contribution < 1.29 is 4.74 Å². The van der Waals surface area contributed by atoms with E-state index >= 15 is 0 Å². The molecule has 98 valence electrons. The van der Waals surface area contributed by atoms with Crippen molar-refractivity contribution in [3.8, 4) is 5.75 Å². The molecule has 2 aliphatic rings. The Morgan fingerprint density at radius 2 is 2.11 bits per heavy atom. The molecular formula is C15H22N2O. The predicted molar refractivity (Wildman–Crippen MR) is 72.8 cm³/mol. The average Bonchev–Trinajstić information content (AvgIpc) is 2.35. The molecule has 0 saturated heterocycles. The lowest BCUT2D eigenvalue weighted by molar-refractivity contribution is 0.0956. The molecule has 0 bridgehead atoms. The van der Waals surface area contributed by atoms with Crippen LogP contribution in [0.25, 0.3) is 0 Å². The van der Waals surface area contributed by atoms with Crippen LogP contribution in [-0.4, -0.2) is 31.6 Å². The topological polar surface area (TPSA) is 38.5 Å². The van der Waals surface area contributed by atoms with Gasteiger partial charge in [0.15, 0.2) is 0 Å². The van der Waals surface area contributed by atoms with Crippen molar-refractivity contribution in [1.82, 2.24) is 4.90 Å². The van der Waals surface area contributed by atoms with Gasteiger partial charge in [-0.1, -0.05) is 6.07 Å². The van der Waals surface area contributed by atoms with Crippen LogP contribution >= 0.6 is 0 Å². The standard InChI is InChI=1S/C15H22N2O/c1-17-6-5-10-9-13(18-2)3-4-14(10)15(17)11-7-12(16)8-11/h3-4,9,11-12,15H,5-8,16H2,1-2H3. The summed E-state index contributed by atoms with van der Waals surface area (Å²) in [7, 11) is 3.97. The molecule has 1 unspecified atom stereocenters. The van der Waals surface area contributed by atoms with Gasteiger partial charge in [-0.25, -0.2) is 0 Å². The minimum Gasteiger partial charge on any atom is -0.497 e. The molecule has 1 aromatic rings. The summed E-state index contributed by atoms with van der Waals surface area (Å²) in [6.07, 6.45) is 3.46. The highest BCUT2D eigenvalue weighted by Crippen LogP contribution is 2.43. The van der Waals surface area contributed by atoms with Crippen LogP contribution in [0.3, 0.4) is 0 Å². The van der Waals surface area contributed by atoms with Crippen LogP contribution in [0.2, 0.25) is 0 Å². The van der Waals surface area contributed by atoms with E-state index in [9.17, 15) is 0 Å². The van der Waals surface area contributed by atoms with E-state index < -0.39 is 0 Å². The first-order chi connectivity index (χ1) is 8.69. The maximum absolute atomic E-state index is 5.95. The summed E-state index contributed by atoms with van der Waals surface area (Å²) in [6, 6.07) is 7.52. The monoisotopic (exact) mass is 246 g/mol. The van der Waals surface area contributed by atoms with Crippen LogP contribution in [-0.2, 0) is 6.42 Å². The number of nitrogens with two attached hydrogens (primary N) is 1. The normalized spacial score (nSPS) is 31.6. The molecule has 3 heteroatoms. The first kappa shape index (κ1) is 12.0. The fourth-order valence-corrected chi connectivity index (χ4v) is 3.47. The van der Waals surface area contributed by atoms with Gasteiger partial charge in [0.1, 0.15) is 5.75 Å². The van der Waals surface area contributed by atoms with Gasteiger partial charge in [0.05, 0.1) is 7.11 Å². The fourth-order valence-electron chi connectivity index (χ4n) is 3.47. The van der Waals surface area contributed by atoms with Crippen molar-refractivity contribution in [3.05, 3.63) is 29.3 Å². The third-order valence-corrected chi connectivity index (χ3v) is 4.54. The molecule has 1 aliphatic carbocycles. The van der Waals surface area contributed by atoms with Gasteiger partial charge >= 0.3 is 0 Å². The van der Waals surface area contributed by atoms with Crippen molar-refractivity contribution in [3.63, 3.8) is 0 Å². The summed E-state index contributed by atoms with van der Waals surface area (Å²) in [5.74, 6) is 1.71. The van der Waals surface area contributed by atoms with E-state index in [1.54, 1.807) is 7.11 Å². The molecular weight excluding hydrogens is 224 g/mol. The number of benzene rings is 1. The highest BCUT2D eigenvalue weighted by molar-refractivity contribution is 5.39. The SMILES string of the molecule is COc1ccc2c(c1)CCN(C)C2C1CC(N)C1. The lowest BCUT2D eigenvalue weighted by atomic mass is 9.71. The molecule has 1 atom stereocenters. The Kier molecular flexibility index (Phi) is 3.04. The number of likely N-dealkylation sites (N-methyl/N-ethyl adjacent to an activating group) is 1. The van der Waals surface area contributed by atoms with Crippen molar-refractivity contribution in [2.24, 2.45) is 11.7 Å². The van der Waals surface area contributed by atoms with Gasteiger partial charge in [-0.05, 0) is 55.5 Å². The average molecular weight is 246 g/mol. The van der Waals surface area contributed by atoms with E-state index in [0.717, 1.165) is 24.6 Å². The predicted octanol–water partition coefficient (Wildman–Crippen LogP) is 1.96. The zero-order valence-corrected chi connectivity index (χ0v) is 11.2. The van der Waals surface area contributed by atoms with Crippen LogP contribution < -0.4 is 10.5 Å². The largest absolute Gasteiger partial charge is 0.497 e. The lowest BCUT2D eigenvalue weighted by Gasteiger charge is -2.45. The van der Waals surface area contributed by atoms with E-state index in [4.69, 9.17) is 10.5 Å². The molecule has 0 spiro atoms. The second-order valence-corrected chi connectivity index (χ2v) is 5.73. The van der Waals surface area contributed by atoms with Crippen LogP contribution in [0, 0.1) is 5.92 Å². The van der Waals surface area contributed by atoms with E-state index in [1.165, 1.54) is 24.0 Å². The van der Waals surface area contributed by atoms with Crippen LogP contribution in [0.1, 0.15) is 30.0 Å². The Labute approximate surface area is 109 Å². The number of ether oxygens (including phenoxy) is 1. The van der Waals surface area contributed by atoms with Gasteiger partial charge in [0, 0.05) is 18.6 Å². The zero-order chi connectivity index (χ0) is 12.7. The van der Waals surface area contributed by atoms with Gasteiger partial charge in [0.2, 0.25) is 0 Å². The summed E-state index contributed by atoms with van der Waals surface area (Å²) in [5, 5.41) is 0. The third kappa shape index (κ3) is 1.91. The Morgan fingerprint density at radius 1 is 1.33 bits per heavy atom. The van der Waals surface area contributed by atoms with Gasteiger partial charge in [-0.15, -0.1) is 0 Å². The fraction of sp³-hybridized carbons (Fsp3) is 0.600. The highest BCUT2D eigenvalue weighted by Gasteiger charge is 2.38. The molecule has 3 rings (SSSR count). The van der Waals surface area contributed by atoms with Crippen molar-refractivity contribution >= 4 is 0 Å². The molecule has 1 saturated carbocycles. The zero-order valence-electron chi connectivity index (χ0n) is 11.2. The molecule has 18 heavy (non-hydrogen) atoms. The molecule has 0 radical (unpaired) electrons. The Morgan fingerprint density at radius 3 is 2.78 bits per heavy atom. The molecule has 1 aliphatic heterocycles. The maximum atomic E-state index is 5.95. The summed E-state index contributed by atoms with van der Waals surface area (Å²) in [4.78, 5) is 2.49. The van der Waals surface area contributed by atoms with Gasteiger partial charge in [0.25, 0.3) is 0 Å². The number of hydrogen-bond donors (Lipinski definition) is 1. The Hall–Kier alpha value is -1.06. The Bertz CT molecular complexity index is 440. The van der Waals surface area contributed by atoms with Gasteiger partial charge < -0.3 is 10.5 Å². The second kappa shape index (κ2) is 4.56. The molecule has 1 fully saturated rings. The third-order valence-electron chi connectivity index (χ3n) is 4.54. The summed E-state index contributed by atoms with van der Waals surface area (Å²) < 4.78 is 5.33. The van der Waals surface area contributed by atoms with Gasteiger partial charge in [-0.2, -0.15) is 0 Å². The number of fused-ring (bicyclic) bond motifs is 1. The molecule has 0 aromatic heterocycles. The van der Waals surface area contributed by atoms with Crippen molar-refractivity contribution in [2.75, 3.05) is 20.7 Å². The summed E-state index contributed by atoms with van der Waals surface area (Å²) >= 11 is 0. The van der Waals surface area contributed by atoms with E-state index in [-0.39, 0.29) is 0 Å². The number of nitrogens with zero attached hydrogens (tertiary/aromatic N) is 1. The smallest absolute Gasteiger partial charge is 0.119 e. The summed E-state index contributed by atoms with van der Waals surface area (Å²) in [6.45, 7) is 1.14. The van der Waals surface area contributed by atoms with Crippen molar-refractivity contribution in [1.29, 1.82) is 0 Å². The molecule has 1 heterocycles. The van der Waals surface area contributed by atoms with E-state index in [0.29, 0.717) is 12.1 Å². The quantitative estimate of drug-likeness (QED) is 0.867. The minimum absolute atomic E-state index is 0.423. The first-order valence-corrected chi connectivity index (χ1v) is 6.81. The maximum Gasteiger partial charge on any atom is 0.119 e. The molecule has 3 nitrogen and oxygen atoms in total. The van der Waals surface area contributed by atoms with Crippen molar-refractivity contribution in [2.45, 2.75) is 31.3 Å². The number of hydrogen-bond acceptors (Lipinski definition) is 3. The number of rotatable bonds is 2. The highest BCUT2D eigenvalue weighted by atomic mass is 16.5. The van der Waals surface area contributed by atoms with E-state index in [1.807, 2.05) is 0 Å². The Balaban J connectivity index is 1.91. The second-order valence-electron chi connectivity index (χ2n) is 5.73. The molecule has 0 amide bonds. The van der Waals surface area contributed by atoms with Gasteiger partial charge in [-0.3, -0.25) is 4.90 Å².